The van der Waals surface area contributed by atoms with Crippen LogP contribution >= 0.6 is 27.3 Å². The van der Waals surface area contributed by atoms with Crippen LogP contribution in [0.5, 0.6) is 0 Å². The van der Waals surface area contributed by atoms with Crippen LogP contribution in [0, 0.1) is 5.92 Å². The van der Waals surface area contributed by atoms with Crippen LogP contribution in [0.1, 0.15) is 16.0 Å². The number of hydrogen-bond acceptors (Lipinski definition) is 2. The van der Waals surface area contributed by atoms with Crippen LogP contribution in [0.25, 0.3) is 0 Å². The standard InChI is InChI=1S/C15H15BrOS/c16-13-5-6-18-15(13)9-14(17)12-7-10-3-1-2-4-11(10)8-12/h1-6,12,14,17H,7-9H2. The highest BCUT2D eigenvalue weighted by molar-refractivity contribution is 9.10. The van der Waals surface area contributed by atoms with Gasteiger partial charge in [-0.05, 0) is 57.3 Å². The first-order valence-electron chi connectivity index (χ1n) is 6.21. The van der Waals surface area contributed by atoms with Crippen molar-refractivity contribution in [1.82, 2.24) is 0 Å². The third kappa shape index (κ3) is 2.40. The summed E-state index contributed by atoms with van der Waals surface area (Å²) in [7, 11) is 0. The van der Waals surface area contributed by atoms with Gasteiger partial charge in [0.05, 0.1) is 6.10 Å². The number of aliphatic hydroxyl groups excluding tert-OH is 1. The van der Waals surface area contributed by atoms with Gasteiger partial charge in [0.15, 0.2) is 0 Å². The van der Waals surface area contributed by atoms with E-state index in [9.17, 15) is 5.11 Å². The Bertz CT molecular complexity index is 524. The molecule has 0 aliphatic heterocycles. The van der Waals surface area contributed by atoms with Crippen LogP contribution < -0.4 is 0 Å². The van der Waals surface area contributed by atoms with Crippen molar-refractivity contribution in [3.63, 3.8) is 0 Å². The predicted octanol–water partition coefficient (Wildman–Crippen LogP) is 3.83. The summed E-state index contributed by atoms with van der Waals surface area (Å²) in [5.74, 6) is 0.372. The van der Waals surface area contributed by atoms with Gasteiger partial charge in [-0.3, -0.25) is 0 Å². The number of aliphatic hydroxyl groups is 1. The molecular weight excluding hydrogens is 308 g/mol. The zero-order valence-corrected chi connectivity index (χ0v) is 12.4. The highest BCUT2D eigenvalue weighted by atomic mass is 79.9. The molecule has 0 radical (unpaired) electrons. The van der Waals surface area contributed by atoms with Crippen molar-refractivity contribution in [2.75, 3.05) is 0 Å². The smallest absolute Gasteiger partial charge is 0.0623 e. The number of halogens is 1. The van der Waals surface area contributed by atoms with Crippen LogP contribution in [0.4, 0.5) is 0 Å². The van der Waals surface area contributed by atoms with Gasteiger partial charge in [0.25, 0.3) is 0 Å². The lowest BCUT2D eigenvalue weighted by Crippen LogP contribution is -2.23. The van der Waals surface area contributed by atoms with E-state index in [1.807, 2.05) is 0 Å². The maximum atomic E-state index is 10.4. The largest absolute Gasteiger partial charge is 0.392 e. The Morgan fingerprint density at radius 2 is 1.89 bits per heavy atom. The summed E-state index contributed by atoms with van der Waals surface area (Å²) in [6.07, 6.45) is 2.55. The van der Waals surface area contributed by atoms with Gasteiger partial charge in [-0.25, -0.2) is 0 Å². The molecule has 0 spiro atoms. The van der Waals surface area contributed by atoms with Gasteiger partial charge >= 0.3 is 0 Å². The van der Waals surface area contributed by atoms with Gasteiger partial charge in [0.1, 0.15) is 0 Å². The first-order chi connectivity index (χ1) is 8.74. The van der Waals surface area contributed by atoms with E-state index in [4.69, 9.17) is 0 Å². The summed E-state index contributed by atoms with van der Waals surface area (Å²) in [5, 5.41) is 12.5. The maximum absolute atomic E-state index is 10.4. The lowest BCUT2D eigenvalue weighted by atomic mass is 9.96. The quantitative estimate of drug-likeness (QED) is 0.910. The molecule has 0 fully saturated rings. The Labute approximate surface area is 120 Å². The molecule has 1 aliphatic rings. The van der Waals surface area contributed by atoms with E-state index >= 15 is 0 Å². The van der Waals surface area contributed by atoms with Crippen molar-refractivity contribution in [1.29, 1.82) is 0 Å². The molecule has 1 unspecified atom stereocenters. The van der Waals surface area contributed by atoms with Gasteiger partial charge in [-0.15, -0.1) is 11.3 Å². The van der Waals surface area contributed by atoms with Gasteiger partial charge in [0, 0.05) is 15.8 Å². The Kier molecular flexibility index (Phi) is 3.55. The van der Waals surface area contributed by atoms with Crippen LogP contribution in [0.2, 0.25) is 0 Å². The number of benzene rings is 1. The second kappa shape index (κ2) is 5.16. The van der Waals surface area contributed by atoms with Gasteiger partial charge < -0.3 is 5.11 Å². The fourth-order valence-corrected chi connectivity index (χ4v) is 4.26. The Morgan fingerprint density at radius 1 is 1.22 bits per heavy atom. The summed E-state index contributed by atoms with van der Waals surface area (Å²) in [5.41, 5.74) is 2.82. The molecule has 0 saturated carbocycles. The monoisotopic (exact) mass is 322 g/mol. The number of fused-ring (bicyclic) bond motifs is 1. The molecule has 1 atom stereocenters. The fraction of sp³-hybridized carbons (Fsp3) is 0.333. The molecule has 0 amide bonds. The normalized spacial score (nSPS) is 16.8. The molecule has 2 aromatic rings. The third-order valence-corrected chi connectivity index (χ3v) is 5.66. The highest BCUT2D eigenvalue weighted by Gasteiger charge is 2.27. The molecule has 1 aromatic carbocycles. The molecule has 0 bridgehead atoms. The van der Waals surface area contributed by atoms with E-state index in [-0.39, 0.29) is 6.10 Å². The molecular formula is C15H15BrOS. The first-order valence-corrected chi connectivity index (χ1v) is 7.88. The lowest BCUT2D eigenvalue weighted by molar-refractivity contribution is 0.113. The average molecular weight is 323 g/mol. The second-order valence-corrected chi connectivity index (χ2v) is 6.76. The summed E-state index contributed by atoms with van der Waals surface area (Å²) in [6.45, 7) is 0. The summed E-state index contributed by atoms with van der Waals surface area (Å²) in [6, 6.07) is 10.6. The molecule has 1 aliphatic carbocycles. The average Bonchev–Trinajstić information content (AvgIpc) is 2.96. The molecule has 1 aromatic heterocycles. The second-order valence-electron chi connectivity index (χ2n) is 4.90. The van der Waals surface area contributed by atoms with E-state index in [0.717, 1.165) is 23.7 Å². The number of thiophene rings is 1. The van der Waals surface area contributed by atoms with Crippen molar-refractivity contribution in [3.8, 4) is 0 Å². The van der Waals surface area contributed by atoms with Crippen molar-refractivity contribution < 1.29 is 5.11 Å². The summed E-state index contributed by atoms with van der Waals surface area (Å²) >= 11 is 5.24. The van der Waals surface area contributed by atoms with Crippen molar-refractivity contribution in [2.24, 2.45) is 5.92 Å². The van der Waals surface area contributed by atoms with Gasteiger partial charge in [-0.2, -0.15) is 0 Å². The van der Waals surface area contributed by atoms with Gasteiger partial charge in [0.2, 0.25) is 0 Å². The van der Waals surface area contributed by atoms with E-state index in [1.54, 1.807) is 11.3 Å². The topological polar surface area (TPSA) is 20.2 Å². The third-order valence-electron chi connectivity index (χ3n) is 3.71. The molecule has 3 rings (SSSR count). The van der Waals surface area contributed by atoms with E-state index in [1.165, 1.54) is 16.0 Å². The predicted molar refractivity (Wildman–Crippen MR) is 79.1 cm³/mol. The molecule has 1 heterocycles. The summed E-state index contributed by atoms with van der Waals surface area (Å²) in [4.78, 5) is 1.25. The van der Waals surface area contributed by atoms with Crippen LogP contribution in [0.3, 0.4) is 0 Å². The van der Waals surface area contributed by atoms with E-state index < -0.39 is 0 Å². The Balaban J connectivity index is 1.69. The van der Waals surface area contributed by atoms with E-state index in [2.05, 4.69) is 51.6 Å². The van der Waals surface area contributed by atoms with Crippen LogP contribution in [-0.4, -0.2) is 11.2 Å². The minimum absolute atomic E-state index is 0.243. The molecule has 3 heteroatoms. The molecule has 0 saturated heterocycles. The zero-order chi connectivity index (χ0) is 12.5. The zero-order valence-electron chi connectivity index (χ0n) is 9.97. The van der Waals surface area contributed by atoms with Crippen molar-refractivity contribution >= 4 is 27.3 Å². The van der Waals surface area contributed by atoms with Crippen molar-refractivity contribution in [3.05, 3.63) is 56.2 Å². The van der Waals surface area contributed by atoms with E-state index in [0.29, 0.717) is 5.92 Å². The molecule has 1 nitrogen and oxygen atoms in total. The minimum Gasteiger partial charge on any atom is -0.392 e. The molecule has 18 heavy (non-hydrogen) atoms. The number of hydrogen-bond donors (Lipinski definition) is 1. The minimum atomic E-state index is -0.243. The van der Waals surface area contributed by atoms with Crippen molar-refractivity contribution in [2.45, 2.75) is 25.4 Å². The van der Waals surface area contributed by atoms with Crippen LogP contribution in [-0.2, 0) is 19.3 Å². The molecule has 94 valence electrons. The fourth-order valence-electron chi connectivity index (χ4n) is 2.69. The van der Waals surface area contributed by atoms with Crippen LogP contribution in [0.15, 0.2) is 40.2 Å². The first kappa shape index (κ1) is 12.4. The summed E-state index contributed by atoms with van der Waals surface area (Å²) < 4.78 is 1.13. The van der Waals surface area contributed by atoms with Gasteiger partial charge in [-0.1, -0.05) is 24.3 Å². The maximum Gasteiger partial charge on any atom is 0.0623 e. The Morgan fingerprint density at radius 3 is 2.44 bits per heavy atom. The lowest BCUT2D eigenvalue weighted by Gasteiger charge is -2.17. The molecule has 1 N–H and O–H groups in total. The number of rotatable bonds is 3. The SMILES string of the molecule is OC(Cc1sccc1Br)C1Cc2ccccc2C1. The highest BCUT2D eigenvalue weighted by Crippen LogP contribution is 2.32. The Hall–Kier alpha value is -0.640.